The number of rotatable bonds is 7. The number of carbonyl (C=O) groups excluding carboxylic acids is 1. The summed E-state index contributed by atoms with van der Waals surface area (Å²) in [4.78, 5) is 12.0. The van der Waals surface area contributed by atoms with E-state index in [1.54, 1.807) is 6.92 Å². The summed E-state index contributed by atoms with van der Waals surface area (Å²) >= 11 is 9.93. The number of ether oxygens (including phenoxy) is 1. The van der Waals surface area contributed by atoms with Crippen LogP contribution in [0.5, 0.6) is 5.75 Å². The zero-order valence-corrected chi connectivity index (χ0v) is 25.1. The van der Waals surface area contributed by atoms with E-state index in [1.165, 1.54) is 18.2 Å². The molecule has 0 bridgehead atoms. The van der Waals surface area contributed by atoms with E-state index in [2.05, 4.69) is 0 Å². The summed E-state index contributed by atoms with van der Waals surface area (Å²) in [6, 6.07) is 7.91. The van der Waals surface area contributed by atoms with Gasteiger partial charge in [0.2, 0.25) is 0 Å². The van der Waals surface area contributed by atoms with Gasteiger partial charge in [-0.2, -0.15) is 0 Å². The van der Waals surface area contributed by atoms with Crippen molar-refractivity contribution in [1.82, 2.24) is 0 Å². The maximum absolute atomic E-state index is 13.2. The van der Waals surface area contributed by atoms with Crippen LogP contribution in [0.4, 0.5) is 0 Å². The van der Waals surface area contributed by atoms with E-state index in [4.69, 9.17) is 28.6 Å². The van der Waals surface area contributed by atoms with E-state index in [1.807, 2.05) is 53.7 Å². The van der Waals surface area contributed by atoms with Crippen LogP contribution in [0, 0.1) is 0 Å². The molecular weight excluding hydrogens is 555 g/mol. The van der Waals surface area contributed by atoms with E-state index in [-0.39, 0.29) is 38.7 Å². The van der Waals surface area contributed by atoms with Gasteiger partial charge in [-0.05, 0) is 0 Å². The summed E-state index contributed by atoms with van der Waals surface area (Å²) < 4.78 is 31.8. The summed E-state index contributed by atoms with van der Waals surface area (Å²) in [7, 11) is -3.77. The van der Waals surface area contributed by atoms with Crippen LogP contribution in [0.2, 0.25) is 5.02 Å². The van der Waals surface area contributed by atoms with Crippen molar-refractivity contribution >= 4 is 56.1 Å². The standard InChI is InChI=1S/C25H32AsClO5S2/c1-8-32-23(29)16-9-10-19(27)20(14-16)34(30,31)26-21(33)13-15-11-17(24(2,3)4)22(28)18(12-15)25(5,6)7/h9-12,14,26,28H,8,13H2,1-7H3. The van der Waals surface area contributed by atoms with Gasteiger partial charge in [0, 0.05) is 0 Å². The van der Waals surface area contributed by atoms with Crippen molar-refractivity contribution < 1.29 is 23.1 Å². The second-order valence-corrected chi connectivity index (χ2v) is 19.4. The van der Waals surface area contributed by atoms with Gasteiger partial charge in [0.05, 0.1) is 0 Å². The van der Waals surface area contributed by atoms with Crippen LogP contribution in [0.25, 0.3) is 0 Å². The molecule has 2 rings (SSSR count). The molecule has 0 heterocycles. The summed E-state index contributed by atoms with van der Waals surface area (Å²) in [6.45, 7) is 14.0. The number of benzene rings is 2. The molecule has 34 heavy (non-hydrogen) atoms. The Morgan fingerprint density at radius 1 is 1.06 bits per heavy atom. The van der Waals surface area contributed by atoms with Gasteiger partial charge in [-0.25, -0.2) is 0 Å². The Bertz CT molecular complexity index is 1170. The SMILES string of the molecule is CCOC(=O)c1ccc(Cl)c(S(=O)(=O)[AsH]C(=S)Cc2cc(C(C)(C)C)c(O)c(C(C)(C)C)c2)c1. The summed E-state index contributed by atoms with van der Waals surface area (Å²) in [6.07, 6.45) is 0.302. The zero-order valence-electron chi connectivity index (χ0n) is 20.6. The first kappa shape index (κ1) is 28.8. The molecule has 0 aliphatic carbocycles. The molecule has 0 amide bonds. The Hall–Kier alpha value is -1.40. The van der Waals surface area contributed by atoms with Crippen molar-refractivity contribution in [3.63, 3.8) is 0 Å². The predicted molar refractivity (Wildman–Crippen MR) is 144 cm³/mol. The van der Waals surface area contributed by atoms with Gasteiger partial charge >= 0.3 is 220 Å². The summed E-state index contributed by atoms with van der Waals surface area (Å²) in [5, 5.41) is 11.0. The first-order chi connectivity index (χ1) is 15.5. The van der Waals surface area contributed by atoms with Crippen LogP contribution in [-0.4, -0.2) is 44.3 Å². The second kappa shape index (κ2) is 10.7. The Morgan fingerprint density at radius 2 is 1.59 bits per heavy atom. The number of thiocarbonyl (C=S) groups is 1. The van der Waals surface area contributed by atoms with Crippen molar-refractivity contribution in [2.45, 2.75) is 70.6 Å². The molecule has 0 saturated heterocycles. The molecule has 9 heteroatoms. The fourth-order valence-corrected chi connectivity index (χ4v) is 11.7. The molecule has 0 radical (unpaired) electrons. The molecule has 1 N–H and O–H groups in total. The summed E-state index contributed by atoms with van der Waals surface area (Å²) in [5.74, 6) is -0.340. The van der Waals surface area contributed by atoms with Crippen molar-refractivity contribution in [1.29, 1.82) is 0 Å². The number of esters is 1. The van der Waals surface area contributed by atoms with Gasteiger partial charge < -0.3 is 0 Å². The van der Waals surface area contributed by atoms with E-state index >= 15 is 0 Å². The molecular formula is C25H32AsClO5S2. The Morgan fingerprint density at radius 3 is 2.06 bits per heavy atom. The Balaban J connectivity index is 2.39. The van der Waals surface area contributed by atoms with Crippen LogP contribution in [-0.2, 0) is 30.1 Å². The van der Waals surface area contributed by atoms with Crippen molar-refractivity contribution in [2.24, 2.45) is 0 Å². The molecule has 0 spiro atoms. The Kier molecular flexibility index (Phi) is 9.07. The number of aromatic hydroxyl groups is 1. The first-order valence-electron chi connectivity index (χ1n) is 10.9. The molecule has 2 aromatic carbocycles. The van der Waals surface area contributed by atoms with Gasteiger partial charge in [0.15, 0.2) is 0 Å². The minimum atomic E-state index is -3.77. The van der Waals surface area contributed by atoms with Crippen molar-refractivity contribution in [3.8, 4) is 5.75 Å². The van der Waals surface area contributed by atoms with Crippen LogP contribution in [0.15, 0.2) is 35.2 Å². The summed E-state index contributed by atoms with van der Waals surface area (Å²) in [5.41, 5.74) is 1.99. The number of phenolic OH excluding ortho intramolecular Hbond substituents is 1. The quantitative estimate of drug-likeness (QED) is 0.262. The van der Waals surface area contributed by atoms with Gasteiger partial charge in [-0.1, -0.05) is 0 Å². The van der Waals surface area contributed by atoms with Gasteiger partial charge in [-0.15, -0.1) is 0 Å². The van der Waals surface area contributed by atoms with Gasteiger partial charge in [-0.3, -0.25) is 0 Å². The third kappa shape index (κ3) is 7.06. The van der Waals surface area contributed by atoms with E-state index < -0.39 is 28.7 Å². The molecule has 0 aromatic heterocycles. The third-order valence-electron chi connectivity index (χ3n) is 5.13. The third-order valence-corrected chi connectivity index (χ3v) is 13.3. The van der Waals surface area contributed by atoms with E-state index in [0.717, 1.165) is 16.7 Å². The van der Waals surface area contributed by atoms with Gasteiger partial charge in [0.25, 0.3) is 0 Å². The number of phenols is 1. The molecule has 186 valence electrons. The van der Waals surface area contributed by atoms with E-state index in [9.17, 15) is 18.3 Å². The number of halogens is 1. The number of carbonyl (C=O) groups is 1. The average molecular weight is 587 g/mol. The maximum atomic E-state index is 13.2. The Labute approximate surface area is 218 Å². The monoisotopic (exact) mass is 586 g/mol. The second-order valence-electron chi connectivity index (χ2n) is 10.1. The van der Waals surface area contributed by atoms with Crippen LogP contribution in [0.3, 0.4) is 0 Å². The van der Waals surface area contributed by atoms with Crippen LogP contribution >= 0.6 is 23.8 Å². The molecule has 5 nitrogen and oxygen atoms in total. The fraction of sp³-hybridized carbons (Fsp3) is 0.440. The minimum absolute atomic E-state index is 0.0502. The topological polar surface area (TPSA) is 80.7 Å². The first-order valence-corrected chi connectivity index (χ1v) is 16.8. The average Bonchev–Trinajstić information content (AvgIpc) is 2.67. The number of hydrogen-bond donors (Lipinski definition) is 1. The number of hydrogen-bond acceptors (Lipinski definition) is 6. The van der Waals surface area contributed by atoms with Gasteiger partial charge in [0.1, 0.15) is 0 Å². The van der Waals surface area contributed by atoms with Crippen LogP contribution < -0.4 is 0 Å². The van der Waals surface area contributed by atoms with Crippen molar-refractivity contribution in [2.75, 3.05) is 6.61 Å². The normalized spacial score (nSPS) is 12.8. The van der Waals surface area contributed by atoms with Crippen molar-refractivity contribution in [3.05, 3.63) is 57.6 Å². The molecule has 0 saturated carbocycles. The molecule has 0 fully saturated rings. The predicted octanol–water partition coefficient (Wildman–Crippen LogP) is 5.51. The fourth-order valence-electron chi connectivity index (χ4n) is 3.42. The van der Waals surface area contributed by atoms with E-state index in [0.29, 0.717) is 10.1 Å². The molecule has 2 aromatic rings. The molecule has 1 atom stereocenters. The zero-order chi connectivity index (χ0) is 26.1. The van der Waals surface area contributed by atoms with Crippen LogP contribution in [0.1, 0.15) is 75.5 Å². The molecule has 1 unspecified atom stereocenters. The molecule has 0 aliphatic heterocycles. The molecule has 0 aliphatic rings.